The number of epoxide rings is 1. The minimum absolute atomic E-state index is 3.02. The van der Waals surface area contributed by atoms with Crippen molar-refractivity contribution in [2.75, 3.05) is 0 Å². The summed E-state index contributed by atoms with van der Waals surface area (Å²) in [6.45, 7) is -3.32. The summed E-state index contributed by atoms with van der Waals surface area (Å²) < 4.78 is 95.4. The van der Waals surface area contributed by atoms with E-state index in [9.17, 15) is 0 Å². The molecule has 0 radical (unpaired) electrons. The van der Waals surface area contributed by atoms with Gasteiger partial charge >= 0.3 is 0 Å². The Bertz CT molecular complexity index is 465. The zero-order valence-electron chi connectivity index (χ0n) is 15.9. The van der Waals surface area contributed by atoms with Gasteiger partial charge in [-0.1, -0.05) is 12.7 Å². The molecule has 8 heavy (non-hydrogen) atoms. The van der Waals surface area contributed by atoms with Crippen molar-refractivity contribution in [3.63, 3.8) is 0 Å². The smallest absolute Gasteiger partial charge is 0.0920 e. The molecule has 0 aromatic carbocycles. The van der Waals surface area contributed by atoms with Crippen LogP contribution < -0.4 is 0 Å². The molecule has 2 fully saturated rings. The van der Waals surface area contributed by atoms with Gasteiger partial charge in [-0.05, 0) is 19.6 Å². The summed E-state index contributed by atoms with van der Waals surface area (Å²) >= 11 is 0. The first kappa shape index (κ1) is 0.878. The summed E-state index contributed by atoms with van der Waals surface area (Å²) in [6.07, 6.45) is -16.7. The number of ether oxygens (including phenoxy) is 1. The van der Waals surface area contributed by atoms with Crippen LogP contribution in [0.25, 0.3) is 0 Å². The Kier molecular flexibility index (Phi) is 0.139. The van der Waals surface area contributed by atoms with Gasteiger partial charge in [0.1, 0.15) is 0 Å². The van der Waals surface area contributed by atoms with E-state index in [1.165, 1.54) is 0 Å². The molecule has 1 aliphatic carbocycles. The lowest BCUT2D eigenvalue weighted by Crippen LogP contribution is -2.13. The number of rotatable bonds is 0. The van der Waals surface area contributed by atoms with Crippen LogP contribution in [-0.4, -0.2) is 11.7 Å². The van der Waals surface area contributed by atoms with Crippen LogP contribution in [0.3, 0.4) is 0 Å². The molecule has 1 heterocycles. The third-order valence-corrected chi connectivity index (χ3v) is 1.01. The normalized spacial score (nSPS) is 111. The summed E-state index contributed by atoms with van der Waals surface area (Å²) in [5, 5.41) is 0. The molecule has 1 saturated carbocycles. The Hall–Kier alpha value is -0.0400. The van der Waals surface area contributed by atoms with Crippen molar-refractivity contribution in [3.05, 3.63) is 0 Å². The number of fused-ring (bicyclic) bond motifs is 1. The molecule has 46 valence electrons. The first-order chi connectivity index (χ1) is 8.46. The van der Waals surface area contributed by atoms with Crippen LogP contribution in [-0.2, 0) is 4.74 Å². The Morgan fingerprint density at radius 3 is 3.88 bits per heavy atom. The van der Waals surface area contributed by atoms with Crippen molar-refractivity contribution in [1.82, 2.24) is 0 Å². The fourth-order valence-corrected chi connectivity index (χ4v) is 0.531. The van der Waals surface area contributed by atoms with Crippen molar-refractivity contribution < 1.29 is 21.2 Å². The van der Waals surface area contributed by atoms with Crippen LogP contribution in [0.4, 0.5) is 0 Å². The monoisotopic (exact) mass is 124 g/mol. The minimum Gasteiger partial charge on any atom is -0.366 e. The average Bonchev–Trinajstić information content (AvgIpc) is 2.86. The zero-order valence-corrected chi connectivity index (χ0v) is 3.91. The lowest BCUT2D eigenvalue weighted by molar-refractivity contribution is 0.304. The zero-order chi connectivity index (χ0) is 16.2. The molecule has 2 unspecified atom stereocenters. The van der Waals surface area contributed by atoms with E-state index >= 15 is 0 Å². The topological polar surface area (TPSA) is 12.5 Å². The molecular weight excluding hydrogens is 100 g/mol. The molecule has 1 saturated heterocycles. The van der Waals surface area contributed by atoms with Crippen LogP contribution in [0.2, 0.25) is 0 Å². The minimum atomic E-state index is -3.50. The lowest BCUT2D eigenvalue weighted by atomic mass is 9.91. The van der Waals surface area contributed by atoms with Crippen molar-refractivity contribution >= 4 is 0 Å². The highest BCUT2D eigenvalue weighted by atomic mass is 16.6. The predicted molar refractivity (Wildman–Crippen MR) is 31.7 cm³/mol. The average molecular weight is 124 g/mol. The molecular formula is C7H12O. The quantitative estimate of drug-likeness (QED) is 0.448. The first-order valence-electron chi connectivity index (χ1n) is 8.16. The Morgan fingerprint density at radius 2 is 3.00 bits per heavy atom. The molecule has 0 N–H and O–H groups in total. The third kappa shape index (κ3) is 0.510. The molecule has 0 aromatic rings. The summed E-state index contributed by atoms with van der Waals surface area (Å²) in [5.41, 5.74) is -3.05. The van der Waals surface area contributed by atoms with Crippen LogP contribution in [0.1, 0.15) is 48.8 Å². The second-order valence-corrected chi connectivity index (χ2v) is 1.61. The van der Waals surface area contributed by atoms with Gasteiger partial charge in [0.2, 0.25) is 0 Å². The van der Waals surface area contributed by atoms with E-state index in [1.807, 2.05) is 0 Å². The number of hydrogen-bond acceptors (Lipinski definition) is 1. The molecule has 2 rings (SSSR count). The maximum absolute atomic E-state index is 7.79. The largest absolute Gasteiger partial charge is 0.366 e. The van der Waals surface area contributed by atoms with E-state index in [1.54, 1.807) is 0 Å². The standard InChI is InChI=1S/C7H12O/c1-7-5-3-2-4-6(7)8-7/h6H,2-5H2,1H3/i1D3,2D2,3D2,4D2,5D2,6D. The van der Waals surface area contributed by atoms with Crippen molar-refractivity contribution in [2.45, 2.75) is 44.0 Å². The molecule has 1 heteroatoms. The Labute approximate surface area is 66.9 Å². The van der Waals surface area contributed by atoms with E-state index in [-0.39, 0.29) is 0 Å². The summed E-state index contributed by atoms with van der Waals surface area (Å²) in [6, 6.07) is 0. The molecule has 0 spiro atoms. The summed E-state index contributed by atoms with van der Waals surface area (Å²) in [7, 11) is 0. The molecule has 2 aliphatic rings. The van der Waals surface area contributed by atoms with E-state index in [0.29, 0.717) is 0 Å². The van der Waals surface area contributed by atoms with Gasteiger partial charge in [0.05, 0.1) is 13.1 Å². The fourth-order valence-electron chi connectivity index (χ4n) is 0.531. The molecule has 0 aromatic heterocycles. The van der Waals surface area contributed by atoms with Gasteiger partial charge in [0.25, 0.3) is 0 Å². The van der Waals surface area contributed by atoms with Crippen LogP contribution in [0, 0.1) is 0 Å². The maximum Gasteiger partial charge on any atom is 0.0920 e. The number of hydrogen-bond donors (Lipinski definition) is 0. The summed E-state index contributed by atoms with van der Waals surface area (Å²) in [5.74, 6) is 0. The SMILES string of the molecule is [2H]C([2H])([2H])C12OC1([2H])C([2H])([2H])C([2H])([2H])C([2H])([2H])C2([2H])[2H]. The van der Waals surface area contributed by atoms with Gasteiger partial charge in [0, 0.05) is 15.1 Å². The van der Waals surface area contributed by atoms with Crippen LogP contribution >= 0.6 is 0 Å². The van der Waals surface area contributed by atoms with Gasteiger partial charge in [-0.3, -0.25) is 0 Å². The summed E-state index contributed by atoms with van der Waals surface area (Å²) in [4.78, 5) is 0. The van der Waals surface area contributed by atoms with Crippen molar-refractivity contribution in [3.8, 4) is 0 Å². The molecule has 1 aliphatic heterocycles. The highest BCUT2D eigenvalue weighted by Crippen LogP contribution is 2.46. The predicted octanol–water partition coefficient (Wildman–Crippen LogP) is 1.72. The molecule has 2 atom stereocenters. The van der Waals surface area contributed by atoms with Crippen molar-refractivity contribution in [1.29, 1.82) is 0 Å². The Balaban J connectivity index is 2.80. The van der Waals surface area contributed by atoms with Gasteiger partial charge in [-0.15, -0.1) is 0 Å². The van der Waals surface area contributed by atoms with Crippen LogP contribution in [0.15, 0.2) is 0 Å². The van der Waals surface area contributed by atoms with E-state index in [2.05, 4.69) is 4.74 Å². The fraction of sp³-hybridized carbons (Fsp3) is 1.00. The second kappa shape index (κ2) is 1.27. The van der Waals surface area contributed by atoms with Gasteiger partial charge in [-0.2, -0.15) is 0 Å². The van der Waals surface area contributed by atoms with Crippen molar-refractivity contribution in [2.24, 2.45) is 0 Å². The second-order valence-electron chi connectivity index (χ2n) is 1.61. The molecule has 1 nitrogen and oxygen atoms in total. The highest BCUT2D eigenvalue weighted by molar-refractivity contribution is 5.01. The van der Waals surface area contributed by atoms with E-state index in [4.69, 9.17) is 16.4 Å². The highest BCUT2D eigenvalue weighted by Gasteiger charge is 2.52. The van der Waals surface area contributed by atoms with Crippen LogP contribution in [0.5, 0.6) is 0 Å². The van der Waals surface area contributed by atoms with Gasteiger partial charge in [-0.25, -0.2) is 0 Å². The van der Waals surface area contributed by atoms with Gasteiger partial charge < -0.3 is 4.74 Å². The first-order valence-corrected chi connectivity index (χ1v) is 2.16. The third-order valence-electron chi connectivity index (χ3n) is 1.01. The molecule has 0 amide bonds. The van der Waals surface area contributed by atoms with E-state index in [0.717, 1.165) is 0 Å². The van der Waals surface area contributed by atoms with Gasteiger partial charge in [0.15, 0.2) is 0 Å². The lowest BCUT2D eigenvalue weighted by Gasteiger charge is -2.09. The molecule has 0 bridgehead atoms. The van der Waals surface area contributed by atoms with E-state index < -0.39 is 44.0 Å². The maximum atomic E-state index is 7.79. The Morgan fingerprint density at radius 1 is 2.00 bits per heavy atom.